The van der Waals surface area contributed by atoms with Crippen molar-refractivity contribution < 1.29 is 0 Å². The third-order valence-corrected chi connectivity index (χ3v) is 2.25. The number of aromatic nitrogens is 3. The summed E-state index contributed by atoms with van der Waals surface area (Å²) in [6.45, 7) is 8.39. The van der Waals surface area contributed by atoms with E-state index in [0.29, 0.717) is 0 Å². The highest BCUT2D eigenvalue weighted by Crippen LogP contribution is 2.27. The summed E-state index contributed by atoms with van der Waals surface area (Å²) >= 11 is 0. The van der Waals surface area contributed by atoms with Gasteiger partial charge in [-0.1, -0.05) is 27.7 Å². The molecule has 0 saturated carbocycles. The first kappa shape index (κ1) is 11.2. The SMILES string of the molecule is CCCc1nc(C(N)C(C)(C)C)n[nH]1. The molecule has 0 aliphatic carbocycles. The molecule has 4 nitrogen and oxygen atoms in total. The normalized spacial score (nSPS) is 14.4. The molecule has 0 aromatic carbocycles. The Bertz CT molecular complexity index is 285. The summed E-state index contributed by atoms with van der Waals surface area (Å²) in [6, 6.07) is -0.107. The molecule has 80 valence electrons. The number of aromatic amines is 1. The minimum absolute atomic E-state index is 0.00563. The van der Waals surface area contributed by atoms with E-state index >= 15 is 0 Å². The fourth-order valence-corrected chi connectivity index (χ4v) is 1.19. The van der Waals surface area contributed by atoms with Crippen LogP contribution in [0.5, 0.6) is 0 Å². The van der Waals surface area contributed by atoms with Gasteiger partial charge in [0.1, 0.15) is 5.82 Å². The Labute approximate surface area is 85.3 Å². The third kappa shape index (κ3) is 2.54. The molecule has 1 atom stereocenters. The van der Waals surface area contributed by atoms with Crippen molar-refractivity contribution in [3.05, 3.63) is 11.6 Å². The number of hydrogen-bond donors (Lipinski definition) is 2. The Morgan fingerprint density at radius 1 is 1.43 bits per heavy atom. The maximum Gasteiger partial charge on any atom is 0.167 e. The molecule has 0 fully saturated rings. The largest absolute Gasteiger partial charge is 0.321 e. The summed E-state index contributed by atoms with van der Waals surface area (Å²) in [6.07, 6.45) is 2.00. The van der Waals surface area contributed by atoms with Crippen molar-refractivity contribution in [2.45, 2.75) is 46.6 Å². The van der Waals surface area contributed by atoms with Crippen LogP contribution in [0.3, 0.4) is 0 Å². The first-order valence-corrected chi connectivity index (χ1v) is 5.12. The van der Waals surface area contributed by atoms with Gasteiger partial charge in [0.15, 0.2) is 5.82 Å². The first-order valence-electron chi connectivity index (χ1n) is 5.12. The lowest BCUT2D eigenvalue weighted by molar-refractivity contribution is 0.316. The summed E-state index contributed by atoms with van der Waals surface area (Å²) in [5.41, 5.74) is 6.04. The van der Waals surface area contributed by atoms with Crippen LogP contribution in [0.1, 0.15) is 51.8 Å². The average Bonchev–Trinajstić information content (AvgIpc) is 2.50. The third-order valence-electron chi connectivity index (χ3n) is 2.25. The maximum atomic E-state index is 6.04. The molecular weight excluding hydrogens is 176 g/mol. The molecule has 1 rings (SSSR count). The van der Waals surface area contributed by atoms with Gasteiger partial charge < -0.3 is 5.73 Å². The van der Waals surface area contributed by atoms with Crippen molar-refractivity contribution in [2.24, 2.45) is 11.1 Å². The molecule has 0 radical (unpaired) electrons. The van der Waals surface area contributed by atoms with Crippen molar-refractivity contribution >= 4 is 0 Å². The standard InChI is InChI=1S/C10H20N4/c1-5-6-7-12-9(14-13-7)8(11)10(2,3)4/h8H,5-6,11H2,1-4H3,(H,12,13,14). The number of hydrogen-bond acceptors (Lipinski definition) is 3. The second-order valence-corrected chi connectivity index (χ2v) is 4.73. The molecule has 3 N–H and O–H groups in total. The van der Waals surface area contributed by atoms with Crippen molar-refractivity contribution in [2.75, 3.05) is 0 Å². The zero-order valence-electron chi connectivity index (χ0n) is 9.46. The number of nitrogens with zero attached hydrogens (tertiary/aromatic N) is 2. The number of rotatable bonds is 3. The zero-order valence-corrected chi connectivity index (χ0v) is 9.46. The first-order chi connectivity index (χ1) is 6.45. The number of nitrogens with two attached hydrogens (primary N) is 1. The monoisotopic (exact) mass is 196 g/mol. The van der Waals surface area contributed by atoms with Crippen molar-refractivity contribution in [1.29, 1.82) is 0 Å². The molecule has 0 bridgehead atoms. The van der Waals surface area contributed by atoms with Crippen molar-refractivity contribution in [3.63, 3.8) is 0 Å². The molecule has 0 saturated heterocycles. The van der Waals surface area contributed by atoms with Crippen LogP contribution in [0.2, 0.25) is 0 Å². The van der Waals surface area contributed by atoms with E-state index in [-0.39, 0.29) is 11.5 Å². The molecule has 0 amide bonds. The molecule has 1 aromatic rings. The van der Waals surface area contributed by atoms with Gasteiger partial charge in [-0.15, -0.1) is 0 Å². The summed E-state index contributed by atoms with van der Waals surface area (Å²) in [7, 11) is 0. The maximum absolute atomic E-state index is 6.04. The van der Waals surface area contributed by atoms with Gasteiger partial charge in [-0.3, -0.25) is 5.10 Å². The van der Waals surface area contributed by atoms with E-state index in [1.54, 1.807) is 0 Å². The fraction of sp³-hybridized carbons (Fsp3) is 0.800. The number of nitrogens with one attached hydrogen (secondary N) is 1. The van der Waals surface area contributed by atoms with Crippen LogP contribution in [0.25, 0.3) is 0 Å². The van der Waals surface area contributed by atoms with Crippen LogP contribution >= 0.6 is 0 Å². The molecule has 1 aromatic heterocycles. The van der Waals surface area contributed by atoms with E-state index in [1.807, 2.05) is 0 Å². The van der Waals surface area contributed by atoms with Gasteiger partial charge in [0.05, 0.1) is 6.04 Å². The van der Waals surface area contributed by atoms with Gasteiger partial charge in [-0.2, -0.15) is 5.10 Å². The molecule has 4 heteroatoms. The summed E-state index contributed by atoms with van der Waals surface area (Å²) < 4.78 is 0. The summed E-state index contributed by atoms with van der Waals surface area (Å²) in [4.78, 5) is 4.37. The predicted molar refractivity (Wildman–Crippen MR) is 56.8 cm³/mol. The second kappa shape index (κ2) is 4.09. The molecule has 0 aliphatic heterocycles. The van der Waals surface area contributed by atoms with E-state index in [4.69, 9.17) is 5.73 Å². The quantitative estimate of drug-likeness (QED) is 0.774. The molecule has 14 heavy (non-hydrogen) atoms. The Morgan fingerprint density at radius 3 is 2.57 bits per heavy atom. The second-order valence-electron chi connectivity index (χ2n) is 4.73. The number of H-pyrrole nitrogens is 1. The van der Waals surface area contributed by atoms with E-state index in [1.165, 1.54) is 0 Å². The highest BCUT2D eigenvalue weighted by molar-refractivity contribution is 4.99. The highest BCUT2D eigenvalue weighted by Gasteiger charge is 2.25. The van der Waals surface area contributed by atoms with Crippen LogP contribution in [-0.2, 0) is 6.42 Å². The molecule has 1 heterocycles. The lowest BCUT2D eigenvalue weighted by Gasteiger charge is -2.24. The Morgan fingerprint density at radius 2 is 2.07 bits per heavy atom. The summed E-state index contributed by atoms with van der Waals surface area (Å²) in [5.74, 6) is 1.66. The smallest absolute Gasteiger partial charge is 0.167 e. The van der Waals surface area contributed by atoms with Crippen molar-refractivity contribution in [3.8, 4) is 0 Å². The van der Waals surface area contributed by atoms with Crippen LogP contribution < -0.4 is 5.73 Å². The van der Waals surface area contributed by atoms with E-state index in [2.05, 4.69) is 42.9 Å². The van der Waals surface area contributed by atoms with Crippen molar-refractivity contribution in [1.82, 2.24) is 15.2 Å². The zero-order chi connectivity index (χ0) is 10.8. The van der Waals surface area contributed by atoms with Crippen LogP contribution in [0.4, 0.5) is 0 Å². The van der Waals surface area contributed by atoms with Crippen LogP contribution in [-0.4, -0.2) is 15.2 Å². The Hall–Kier alpha value is -0.900. The predicted octanol–water partition coefficient (Wildman–Crippen LogP) is 1.80. The average molecular weight is 196 g/mol. The summed E-state index contributed by atoms with van der Waals surface area (Å²) in [5, 5.41) is 7.06. The van der Waals surface area contributed by atoms with E-state index < -0.39 is 0 Å². The lowest BCUT2D eigenvalue weighted by Crippen LogP contribution is -2.27. The van der Waals surface area contributed by atoms with Gasteiger partial charge in [-0.25, -0.2) is 4.98 Å². The lowest BCUT2D eigenvalue weighted by atomic mass is 9.87. The van der Waals surface area contributed by atoms with Gasteiger partial charge >= 0.3 is 0 Å². The van der Waals surface area contributed by atoms with Gasteiger partial charge in [0.2, 0.25) is 0 Å². The number of aryl methyl sites for hydroxylation is 1. The minimum atomic E-state index is -0.107. The Kier molecular flexibility index (Phi) is 3.26. The van der Waals surface area contributed by atoms with Crippen LogP contribution in [0.15, 0.2) is 0 Å². The molecule has 0 spiro atoms. The molecular formula is C10H20N4. The van der Waals surface area contributed by atoms with E-state index in [0.717, 1.165) is 24.5 Å². The molecule has 0 aliphatic rings. The topological polar surface area (TPSA) is 67.6 Å². The van der Waals surface area contributed by atoms with E-state index in [9.17, 15) is 0 Å². The minimum Gasteiger partial charge on any atom is -0.321 e. The fourth-order valence-electron chi connectivity index (χ4n) is 1.19. The van der Waals surface area contributed by atoms with Gasteiger partial charge in [-0.05, 0) is 11.8 Å². The van der Waals surface area contributed by atoms with Gasteiger partial charge in [0.25, 0.3) is 0 Å². The Balaban J connectivity index is 2.76. The van der Waals surface area contributed by atoms with Crippen LogP contribution in [0, 0.1) is 5.41 Å². The highest BCUT2D eigenvalue weighted by atomic mass is 15.2. The van der Waals surface area contributed by atoms with Gasteiger partial charge in [0, 0.05) is 6.42 Å². The molecule has 1 unspecified atom stereocenters.